The zero-order chi connectivity index (χ0) is 14.3. The molecule has 0 bridgehead atoms. The predicted molar refractivity (Wildman–Crippen MR) is 86.1 cm³/mol. The minimum Gasteiger partial charge on any atom is -0.370 e. The van der Waals surface area contributed by atoms with Crippen molar-refractivity contribution in [3.63, 3.8) is 0 Å². The molecule has 0 aliphatic carbocycles. The van der Waals surface area contributed by atoms with E-state index in [1.807, 2.05) is 6.07 Å². The molecule has 0 saturated heterocycles. The van der Waals surface area contributed by atoms with Crippen molar-refractivity contribution in [1.82, 2.24) is 9.88 Å². The Bertz CT molecular complexity index is 683. The van der Waals surface area contributed by atoms with Gasteiger partial charge >= 0.3 is 0 Å². The highest BCUT2D eigenvalue weighted by atomic mass is 35.5. The number of hydrogen-bond donors (Lipinski definition) is 1. The molecular weight excluding hydrogens is 270 g/mol. The van der Waals surface area contributed by atoms with Gasteiger partial charge in [0.2, 0.25) is 0 Å². The number of benzene rings is 1. The molecule has 0 radical (unpaired) electrons. The van der Waals surface area contributed by atoms with Gasteiger partial charge in [-0.3, -0.25) is 4.99 Å². The summed E-state index contributed by atoms with van der Waals surface area (Å²) in [6.07, 6.45) is 2.19. The summed E-state index contributed by atoms with van der Waals surface area (Å²) in [5, 5.41) is 5.44. The zero-order valence-electron chi connectivity index (χ0n) is 12.2. The lowest BCUT2D eigenvalue weighted by molar-refractivity contribution is 0.858. The first-order valence-electron chi connectivity index (χ1n) is 7.13. The van der Waals surface area contributed by atoms with Crippen molar-refractivity contribution in [1.29, 1.82) is 0 Å². The van der Waals surface area contributed by atoms with Crippen LogP contribution >= 0.6 is 11.6 Å². The van der Waals surface area contributed by atoms with Gasteiger partial charge in [0, 0.05) is 18.1 Å². The molecule has 0 spiro atoms. The fraction of sp³-hybridized carbons (Fsp3) is 0.438. The number of aromatic nitrogens is 1. The number of nitrogens with one attached hydrogen (secondary N) is 1. The first-order chi connectivity index (χ1) is 9.58. The molecule has 0 saturated carbocycles. The Morgan fingerprint density at radius 1 is 1.40 bits per heavy atom. The summed E-state index contributed by atoms with van der Waals surface area (Å²) in [5.74, 6) is 1.54. The average molecular weight is 290 g/mol. The molecule has 1 aliphatic heterocycles. The molecular formula is C16H20ClN3. The van der Waals surface area contributed by atoms with Crippen molar-refractivity contribution in [2.24, 2.45) is 4.99 Å². The van der Waals surface area contributed by atoms with Crippen LogP contribution in [0.4, 0.5) is 0 Å². The number of rotatable bonds is 3. The molecule has 0 unspecified atom stereocenters. The van der Waals surface area contributed by atoms with Gasteiger partial charge in [-0.15, -0.1) is 0 Å². The highest BCUT2D eigenvalue weighted by Crippen LogP contribution is 2.34. The largest absolute Gasteiger partial charge is 0.370 e. The molecule has 3 rings (SSSR count). The lowest BCUT2D eigenvalue weighted by Crippen LogP contribution is -2.23. The van der Waals surface area contributed by atoms with Gasteiger partial charge in [0.25, 0.3) is 0 Å². The van der Waals surface area contributed by atoms with Gasteiger partial charge in [0.1, 0.15) is 5.84 Å². The van der Waals surface area contributed by atoms with E-state index in [0.29, 0.717) is 5.92 Å². The Labute approximate surface area is 124 Å². The zero-order valence-corrected chi connectivity index (χ0v) is 13.0. The Hall–Kier alpha value is -1.48. The molecule has 1 N–H and O–H groups in total. The van der Waals surface area contributed by atoms with Gasteiger partial charge in [-0.05, 0) is 30.0 Å². The summed E-state index contributed by atoms with van der Waals surface area (Å²) < 4.78 is 2.22. The third-order valence-corrected chi connectivity index (χ3v) is 4.18. The maximum atomic E-state index is 6.46. The minimum atomic E-state index is 0.492. The van der Waals surface area contributed by atoms with Gasteiger partial charge in [0.15, 0.2) is 0 Å². The number of fused-ring (bicyclic) bond motifs is 1. The molecule has 1 aromatic heterocycles. The second-order valence-electron chi connectivity index (χ2n) is 5.71. The Morgan fingerprint density at radius 3 is 2.85 bits per heavy atom. The topological polar surface area (TPSA) is 29.3 Å². The summed E-state index contributed by atoms with van der Waals surface area (Å²) in [6.45, 7) is 9.19. The molecule has 1 aromatic carbocycles. The third kappa shape index (κ3) is 2.20. The molecule has 4 heteroatoms. The molecule has 0 fully saturated rings. The van der Waals surface area contributed by atoms with Gasteiger partial charge < -0.3 is 9.88 Å². The predicted octanol–water partition coefficient (Wildman–Crippen LogP) is 3.73. The highest BCUT2D eigenvalue weighted by Gasteiger charge is 2.16. The maximum absolute atomic E-state index is 6.46. The van der Waals surface area contributed by atoms with Crippen molar-refractivity contribution in [2.75, 3.05) is 13.1 Å². The molecule has 106 valence electrons. The van der Waals surface area contributed by atoms with Crippen molar-refractivity contribution >= 4 is 28.3 Å². The van der Waals surface area contributed by atoms with E-state index >= 15 is 0 Å². The van der Waals surface area contributed by atoms with Crippen LogP contribution in [0.2, 0.25) is 5.02 Å². The molecule has 3 nitrogen and oxygen atoms in total. The van der Waals surface area contributed by atoms with Gasteiger partial charge in [0.05, 0.1) is 23.6 Å². The van der Waals surface area contributed by atoms with E-state index in [0.717, 1.165) is 36.0 Å². The van der Waals surface area contributed by atoms with Crippen molar-refractivity contribution < 1.29 is 0 Å². The lowest BCUT2D eigenvalue weighted by Gasteiger charge is -2.11. The molecule has 20 heavy (non-hydrogen) atoms. The quantitative estimate of drug-likeness (QED) is 0.916. The second kappa shape index (κ2) is 5.13. The lowest BCUT2D eigenvalue weighted by atomic mass is 9.97. The van der Waals surface area contributed by atoms with Crippen LogP contribution < -0.4 is 5.32 Å². The smallest absolute Gasteiger partial charge is 0.117 e. The molecule has 0 amide bonds. The first kappa shape index (κ1) is 13.5. The Morgan fingerprint density at radius 2 is 2.20 bits per heavy atom. The molecule has 0 atom stereocenters. The van der Waals surface area contributed by atoms with Crippen LogP contribution in [0.1, 0.15) is 30.9 Å². The van der Waals surface area contributed by atoms with Crippen LogP contribution in [-0.4, -0.2) is 23.5 Å². The van der Waals surface area contributed by atoms with Crippen LogP contribution in [0, 0.1) is 6.92 Å². The van der Waals surface area contributed by atoms with Crippen molar-refractivity contribution in [3.8, 4) is 0 Å². The molecule has 1 aliphatic rings. The number of amidine groups is 1. The third-order valence-electron chi connectivity index (χ3n) is 3.88. The van der Waals surface area contributed by atoms with E-state index in [1.54, 1.807) is 0 Å². The normalized spacial score (nSPS) is 14.9. The van der Waals surface area contributed by atoms with E-state index < -0.39 is 0 Å². The van der Waals surface area contributed by atoms with E-state index in [2.05, 4.69) is 47.9 Å². The summed E-state index contributed by atoms with van der Waals surface area (Å²) in [7, 11) is 0. The first-order valence-corrected chi connectivity index (χ1v) is 7.50. The van der Waals surface area contributed by atoms with Crippen LogP contribution in [0.15, 0.2) is 23.3 Å². The minimum absolute atomic E-state index is 0.492. The van der Waals surface area contributed by atoms with E-state index in [-0.39, 0.29) is 0 Å². The summed E-state index contributed by atoms with van der Waals surface area (Å²) in [5.41, 5.74) is 3.78. The highest BCUT2D eigenvalue weighted by molar-refractivity contribution is 6.35. The van der Waals surface area contributed by atoms with Crippen LogP contribution in [0.5, 0.6) is 0 Å². The SMILES string of the molecule is Cc1cn(CC2=NCCN2)c2c(Cl)ccc(C(C)C)c12. The maximum Gasteiger partial charge on any atom is 0.117 e. The number of aryl methyl sites for hydroxylation is 1. The number of halogens is 1. The standard InChI is InChI=1S/C16H20ClN3/c1-10(2)12-4-5-13(17)16-15(12)11(3)8-20(16)9-14-18-6-7-19-14/h4-5,8,10H,6-7,9H2,1-3H3,(H,18,19). The van der Waals surface area contributed by atoms with Crippen LogP contribution in [0.3, 0.4) is 0 Å². The number of aliphatic imine (C=N–C) groups is 1. The average Bonchev–Trinajstić information content (AvgIpc) is 3.00. The number of nitrogens with zero attached hydrogens (tertiary/aromatic N) is 2. The van der Waals surface area contributed by atoms with Crippen LogP contribution in [0.25, 0.3) is 10.9 Å². The van der Waals surface area contributed by atoms with E-state index in [1.165, 1.54) is 16.5 Å². The van der Waals surface area contributed by atoms with Gasteiger partial charge in [-0.25, -0.2) is 0 Å². The van der Waals surface area contributed by atoms with E-state index in [9.17, 15) is 0 Å². The summed E-state index contributed by atoms with van der Waals surface area (Å²) >= 11 is 6.46. The molecule has 2 aromatic rings. The Balaban J connectivity index is 2.16. The summed E-state index contributed by atoms with van der Waals surface area (Å²) in [4.78, 5) is 4.48. The van der Waals surface area contributed by atoms with E-state index in [4.69, 9.17) is 11.6 Å². The molecule has 2 heterocycles. The fourth-order valence-corrected chi connectivity index (χ4v) is 3.23. The van der Waals surface area contributed by atoms with Gasteiger partial charge in [-0.2, -0.15) is 0 Å². The van der Waals surface area contributed by atoms with Crippen molar-refractivity contribution in [2.45, 2.75) is 33.2 Å². The fourth-order valence-electron chi connectivity index (χ4n) is 2.96. The summed E-state index contributed by atoms with van der Waals surface area (Å²) in [6, 6.07) is 4.16. The second-order valence-corrected chi connectivity index (χ2v) is 6.12. The number of hydrogen-bond acceptors (Lipinski definition) is 2. The monoisotopic (exact) mass is 289 g/mol. The Kier molecular flexibility index (Phi) is 3.47. The van der Waals surface area contributed by atoms with Gasteiger partial charge in [-0.1, -0.05) is 31.5 Å². The van der Waals surface area contributed by atoms with Crippen LogP contribution in [-0.2, 0) is 6.54 Å². The van der Waals surface area contributed by atoms with Crippen molar-refractivity contribution in [3.05, 3.63) is 34.5 Å².